The van der Waals surface area contributed by atoms with E-state index in [0.29, 0.717) is 16.5 Å². The molecule has 0 aliphatic rings. The van der Waals surface area contributed by atoms with E-state index in [2.05, 4.69) is 15.9 Å². The maximum Gasteiger partial charge on any atom is 0.140 e. The Bertz CT molecular complexity index is 306. The Morgan fingerprint density at radius 2 is 2.23 bits per heavy atom. The fourth-order valence-corrected chi connectivity index (χ4v) is 1.50. The van der Waals surface area contributed by atoms with E-state index in [9.17, 15) is 0 Å². The van der Waals surface area contributed by atoms with Crippen molar-refractivity contribution in [2.75, 3.05) is 18.9 Å². The van der Waals surface area contributed by atoms with Crippen LogP contribution in [0.4, 0.5) is 5.69 Å². The second-order valence-corrected chi connectivity index (χ2v) is 3.64. The van der Waals surface area contributed by atoms with E-state index in [1.807, 2.05) is 0 Å². The average molecular weight is 267 g/mol. The van der Waals surface area contributed by atoms with Crippen LogP contribution in [-0.4, -0.2) is 18.3 Å². The maximum absolute atomic E-state index is 8.53. The van der Waals surface area contributed by atoms with Gasteiger partial charge in [0.2, 0.25) is 0 Å². The molecule has 0 aliphatic heterocycles. The minimum atomic E-state index is -0.0493. The van der Waals surface area contributed by atoms with E-state index in [1.54, 1.807) is 12.1 Å². The van der Waals surface area contributed by atoms with Crippen LogP contribution in [0, 0.1) is 0 Å². The maximum atomic E-state index is 8.53. The lowest BCUT2D eigenvalue weighted by atomic mass is 10.3. The third-order valence-corrected chi connectivity index (χ3v) is 2.38. The molecule has 0 fully saturated rings. The molecule has 3 nitrogen and oxygen atoms in total. The Morgan fingerprint density at radius 1 is 1.54 bits per heavy atom. The number of nitrogen functional groups attached to an aromatic ring is 1. The van der Waals surface area contributed by atoms with Crippen molar-refractivity contribution in [3.05, 3.63) is 21.6 Å². The molecule has 0 saturated carbocycles. The molecule has 1 aromatic rings. The molecule has 0 spiro atoms. The fourth-order valence-electron chi connectivity index (χ4n) is 0.811. The number of hydrogen-bond acceptors (Lipinski definition) is 3. The van der Waals surface area contributed by atoms with E-state index in [4.69, 9.17) is 27.2 Å². The summed E-state index contributed by atoms with van der Waals surface area (Å²) >= 11 is 9.08. The van der Waals surface area contributed by atoms with Gasteiger partial charge >= 0.3 is 0 Å². The summed E-state index contributed by atoms with van der Waals surface area (Å²) in [5.41, 5.74) is 6.17. The quantitative estimate of drug-likeness (QED) is 0.823. The summed E-state index contributed by atoms with van der Waals surface area (Å²) in [6.45, 7) is 0.160. The Morgan fingerprint density at radius 3 is 2.85 bits per heavy atom. The minimum Gasteiger partial charge on any atom is -0.490 e. The number of benzene rings is 1. The largest absolute Gasteiger partial charge is 0.490 e. The van der Waals surface area contributed by atoms with Crippen LogP contribution in [0.2, 0.25) is 5.02 Å². The molecular weight excluding hydrogens is 257 g/mol. The summed E-state index contributed by atoms with van der Waals surface area (Å²) in [6.07, 6.45) is 0. The van der Waals surface area contributed by atoms with Crippen LogP contribution >= 0.6 is 27.5 Å². The highest BCUT2D eigenvalue weighted by Gasteiger charge is 2.05. The number of aliphatic hydroxyl groups excluding tert-OH is 1. The molecule has 1 aromatic carbocycles. The molecule has 0 heterocycles. The molecule has 72 valence electrons. The molecule has 0 amide bonds. The van der Waals surface area contributed by atoms with Crippen LogP contribution in [-0.2, 0) is 0 Å². The van der Waals surface area contributed by atoms with Crippen molar-refractivity contribution in [3.8, 4) is 5.75 Å². The van der Waals surface area contributed by atoms with Crippen LogP contribution in [0.1, 0.15) is 0 Å². The van der Waals surface area contributed by atoms with E-state index < -0.39 is 0 Å². The first-order valence-corrected chi connectivity index (χ1v) is 4.80. The van der Waals surface area contributed by atoms with E-state index >= 15 is 0 Å². The van der Waals surface area contributed by atoms with Gasteiger partial charge in [-0.2, -0.15) is 0 Å². The van der Waals surface area contributed by atoms with Crippen LogP contribution in [0.5, 0.6) is 5.75 Å². The Labute approximate surface area is 89.6 Å². The summed E-state index contributed by atoms with van der Waals surface area (Å²) in [5.74, 6) is 0.483. The van der Waals surface area contributed by atoms with E-state index in [1.165, 1.54) is 0 Å². The average Bonchev–Trinajstić information content (AvgIpc) is 2.09. The zero-order valence-corrected chi connectivity index (χ0v) is 9.10. The first kappa shape index (κ1) is 10.6. The first-order chi connectivity index (χ1) is 6.15. The number of nitrogens with two attached hydrogens (primary N) is 1. The second kappa shape index (κ2) is 4.69. The van der Waals surface area contributed by atoms with Gasteiger partial charge in [-0.3, -0.25) is 0 Å². The number of halogens is 2. The number of anilines is 1. The van der Waals surface area contributed by atoms with Gasteiger partial charge < -0.3 is 15.6 Å². The van der Waals surface area contributed by atoms with Gasteiger partial charge in [0.25, 0.3) is 0 Å². The van der Waals surface area contributed by atoms with Gasteiger partial charge in [-0.25, -0.2) is 0 Å². The van der Waals surface area contributed by atoms with Gasteiger partial charge in [-0.1, -0.05) is 11.6 Å². The zero-order chi connectivity index (χ0) is 9.84. The summed E-state index contributed by atoms with van der Waals surface area (Å²) < 4.78 is 5.87. The number of rotatable bonds is 3. The molecule has 0 bridgehead atoms. The molecule has 0 unspecified atom stereocenters. The molecule has 0 aromatic heterocycles. The van der Waals surface area contributed by atoms with Gasteiger partial charge in [-0.05, 0) is 22.0 Å². The van der Waals surface area contributed by atoms with Crippen LogP contribution in [0.15, 0.2) is 16.6 Å². The van der Waals surface area contributed by atoms with Gasteiger partial charge in [-0.15, -0.1) is 0 Å². The van der Waals surface area contributed by atoms with Crippen molar-refractivity contribution in [1.29, 1.82) is 0 Å². The molecule has 0 aliphatic carbocycles. The normalized spacial score (nSPS) is 10.1. The highest BCUT2D eigenvalue weighted by Crippen LogP contribution is 2.32. The molecule has 13 heavy (non-hydrogen) atoms. The monoisotopic (exact) mass is 265 g/mol. The molecule has 0 saturated heterocycles. The topological polar surface area (TPSA) is 55.5 Å². The molecule has 3 N–H and O–H groups in total. The number of aliphatic hydroxyl groups is 1. The highest BCUT2D eigenvalue weighted by atomic mass is 79.9. The third kappa shape index (κ3) is 2.76. The SMILES string of the molecule is Nc1cc(OCCO)c(Cl)cc1Br. The van der Waals surface area contributed by atoms with Gasteiger partial charge in [0, 0.05) is 16.2 Å². The van der Waals surface area contributed by atoms with Crippen molar-refractivity contribution in [2.45, 2.75) is 0 Å². The van der Waals surface area contributed by atoms with Gasteiger partial charge in [0.1, 0.15) is 12.4 Å². The predicted octanol–water partition coefficient (Wildman–Crippen LogP) is 2.06. The second-order valence-electron chi connectivity index (χ2n) is 2.38. The van der Waals surface area contributed by atoms with Crippen molar-refractivity contribution in [3.63, 3.8) is 0 Å². The van der Waals surface area contributed by atoms with Crippen LogP contribution in [0.25, 0.3) is 0 Å². The minimum absolute atomic E-state index is 0.0493. The highest BCUT2D eigenvalue weighted by molar-refractivity contribution is 9.10. The molecule has 0 radical (unpaired) electrons. The van der Waals surface area contributed by atoms with E-state index in [0.717, 1.165) is 4.47 Å². The fraction of sp³-hybridized carbons (Fsp3) is 0.250. The Kier molecular flexibility index (Phi) is 3.84. The van der Waals surface area contributed by atoms with Gasteiger partial charge in [0.05, 0.1) is 11.6 Å². The molecular formula is C8H9BrClNO2. The Hall–Kier alpha value is -0.450. The lowest BCUT2D eigenvalue weighted by Crippen LogP contribution is -2.02. The molecule has 5 heteroatoms. The summed E-state index contributed by atoms with van der Waals surface area (Å²) in [7, 11) is 0. The zero-order valence-electron chi connectivity index (χ0n) is 6.76. The lowest BCUT2D eigenvalue weighted by molar-refractivity contribution is 0.201. The number of hydrogen-bond donors (Lipinski definition) is 2. The first-order valence-electron chi connectivity index (χ1n) is 3.63. The third-order valence-electron chi connectivity index (χ3n) is 1.40. The summed E-state index contributed by atoms with van der Waals surface area (Å²) in [4.78, 5) is 0. The number of ether oxygens (including phenoxy) is 1. The van der Waals surface area contributed by atoms with E-state index in [-0.39, 0.29) is 13.2 Å². The van der Waals surface area contributed by atoms with Gasteiger partial charge in [0.15, 0.2) is 0 Å². The van der Waals surface area contributed by atoms with Crippen LogP contribution < -0.4 is 10.5 Å². The summed E-state index contributed by atoms with van der Waals surface area (Å²) in [6, 6.07) is 3.27. The van der Waals surface area contributed by atoms with Crippen molar-refractivity contribution >= 4 is 33.2 Å². The standard InChI is InChI=1S/C8H9BrClNO2/c9-5-3-6(10)8(4-7(5)11)13-2-1-12/h3-4,12H,1-2,11H2. The van der Waals surface area contributed by atoms with Crippen molar-refractivity contribution in [1.82, 2.24) is 0 Å². The Balaban J connectivity index is 2.88. The summed E-state index contributed by atoms with van der Waals surface area (Å²) in [5, 5.41) is 9.00. The lowest BCUT2D eigenvalue weighted by Gasteiger charge is -2.08. The van der Waals surface area contributed by atoms with Crippen molar-refractivity contribution in [2.24, 2.45) is 0 Å². The predicted molar refractivity (Wildman–Crippen MR) is 56.1 cm³/mol. The molecule has 0 atom stereocenters. The molecule has 1 rings (SSSR count). The van der Waals surface area contributed by atoms with Crippen molar-refractivity contribution < 1.29 is 9.84 Å². The van der Waals surface area contributed by atoms with Crippen LogP contribution in [0.3, 0.4) is 0 Å². The smallest absolute Gasteiger partial charge is 0.140 e.